The van der Waals surface area contributed by atoms with E-state index in [0.29, 0.717) is 41.3 Å². The maximum absolute atomic E-state index is 13.0. The summed E-state index contributed by atoms with van der Waals surface area (Å²) in [6.45, 7) is 0.912. The molecule has 1 aliphatic carbocycles. The molecule has 0 radical (unpaired) electrons. The van der Waals surface area contributed by atoms with Crippen molar-refractivity contribution in [1.82, 2.24) is 4.98 Å². The first-order valence-electron chi connectivity index (χ1n) is 11.5. The molecule has 1 atom stereocenters. The van der Waals surface area contributed by atoms with E-state index in [-0.39, 0.29) is 24.8 Å². The molecule has 2 heterocycles. The normalized spacial score (nSPS) is 18.8. The molecule has 2 aliphatic rings. The third-order valence-corrected chi connectivity index (χ3v) is 6.39. The number of methoxy groups -OCH3 is 2. The summed E-state index contributed by atoms with van der Waals surface area (Å²) in [6.07, 6.45) is 7.90. The summed E-state index contributed by atoms with van der Waals surface area (Å²) >= 11 is 0. The summed E-state index contributed by atoms with van der Waals surface area (Å²) in [5.41, 5.74) is 0.669. The first-order chi connectivity index (χ1) is 16.1. The molecule has 1 N–H and O–H groups in total. The van der Waals surface area contributed by atoms with Gasteiger partial charge in [-0.25, -0.2) is 4.98 Å². The number of benzene rings is 1. The molecule has 8 heteroatoms. The fraction of sp³-hybridized carbons (Fsp3) is 0.480. The Morgan fingerprint density at radius 1 is 1.09 bits per heavy atom. The number of nitrogens with zero attached hydrogens (tertiary/aromatic N) is 2. The number of ether oxygens (including phenoxy) is 3. The largest absolute Gasteiger partial charge is 0.493 e. The molecule has 1 unspecified atom stereocenters. The number of rotatable bonds is 8. The maximum Gasteiger partial charge on any atom is 0.231 e. The van der Waals surface area contributed by atoms with Crippen molar-refractivity contribution in [3.63, 3.8) is 0 Å². The van der Waals surface area contributed by atoms with E-state index in [0.717, 1.165) is 0 Å². The van der Waals surface area contributed by atoms with Crippen molar-refractivity contribution < 1.29 is 23.8 Å². The highest BCUT2D eigenvalue weighted by molar-refractivity contribution is 6.03. The highest BCUT2D eigenvalue weighted by Gasteiger charge is 2.36. The molecule has 33 heavy (non-hydrogen) atoms. The highest BCUT2D eigenvalue weighted by Crippen LogP contribution is 2.34. The number of nitrogens with one attached hydrogen (secondary N) is 1. The van der Waals surface area contributed by atoms with Crippen LogP contribution in [0.1, 0.15) is 38.5 Å². The van der Waals surface area contributed by atoms with Gasteiger partial charge in [0.1, 0.15) is 0 Å². The third kappa shape index (κ3) is 5.38. The molecule has 1 saturated carbocycles. The Bertz CT molecular complexity index is 990. The average Bonchev–Trinajstić information content (AvgIpc) is 3.25. The van der Waals surface area contributed by atoms with Crippen LogP contribution in [0.4, 0.5) is 11.5 Å². The van der Waals surface area contributed by atoms with Gasteiger partial charge in [-0.05, 0) is 43.0 Å². The van der Waals surface area contributed by atoms with Gasteiger partial charge in [-0.1, -0.05) is 19.3 Å². The van der Waals surface area contributed by atoms with Crippen LogP contribution < -0.4 is 24.4 Å². The zero-order valence-corrected chi connectivity index (χ0v) is 19.2. The zero-order chi connectivity index (χ0) is 23.2. The van der Waals surface area contributed by atoms with Gasteiger partial charge in [0.25, 0.3) is 0 Å². The second kappa shape index (κ2) is 10.6. The monoisotopic (exact) mass is 453 g/mol. The van der Waals surface area contributed by atoms with Gasteiger partial charge in [-0.3, -0.25) is 9.59 Å². The average molecular weight is 454 g/mol. The molecular formula is C25H31N3O5. The molecule has 1 aromatic carbocycles. The molecule has 2 aromatic rings. The Kier molecular flexibility index (Phi) is 7.32. The van der Waals surface area contributed by atoms with Crippen LogP contribution in [0.15, 0.2) is 36.5 Å². The summed E-state index contributed by atoms with van der Waals surface area (Å²) in [5, 5.41) is 2.87. The van der Waals surface area contributed by atoms with Crippen LogP contribution in [0.2, 0.25) is 0 Å². The molecule has 8 nitrogen and oxygen atoms in total. The molecule has 0 bridgehead atoms. The van der Waals surface area contributed by atoms with Gasteiger partial charge in [0, 0.05) is 30.9 Å². The number of aromatic nitrogens is 1. The molecule has 176 valence electrons. The fourth-order valence-corrected chi connectivity index (χ4v) is 4.51. The Hall–Kier alpha value is -3.29. The number of carbonyl (C=O) groups excluding carboxylic acids is 2. The van der Waals surface area contributed by atoms with Gasteiger partial charge in [0.05, 0.1) is 26.7 Å². The second-order valence-corrected chi connectivity index (χ2v) is 8.60. The predicted octanol–water partition coefficient (Wildman–Crippen LogP) is 4.05. The van der Waals surface area contributed by atoms with Gasteiger partial charge < -0.3 is 24.4 Å². The minimum atomic E-state index is -0.487. The lowest BCUT2D eigenvalue weighted by atomic mass is 9.90. The van der Waals surface area contributed by atoms with Crippen molar-refractivity contribution in [2.24, 2.45) is 11.8 Å². The van der Waals surface area contributed by atoms with Crippen LogP contribution in [0.25, 0.3) is 0 Å². The summed E-state index contributed by atoms with van der Waals surface area (Å²) in [7, 11) is 3.11. The van der Waals surface area contributed by atoms with Crippen LogP contribution in [-0.2, 0) is 9.59 Å². The summed E-state index contributed by atoms with van der Waals surface area (Å²) in [5.74, 6) is 1.78. The number of anilines is 2. The van der Waals surface area contributed by atoms with Crippen molar-refractivity contribution in [1.29, 1.82) is 0 Å². The lowest BCUT2D eigenvalue weighted by Crippen LogP contribution is -2.28. The van der Waals surface area contributed by atoms with E-state index in [2.05, 4.69) is 10.3 Å². The maximum atomic E-state index is 13.0. The van der Waals surface area contributed by atoms with E-state index in [4.69, 9.17) is 14.2 Å². The van der Waals surface area contributed by atoms with Gasteiger partial charge in [-0.2, -0.15) is 0 Å². The first kappa shape index (κ1) is 22.9. The molecule has 4 rings (SSSR count). The zero-order valence-electron chi connectivity index (χ0n) is 19.2. The van der Waals surface area contributed by atoms with Gasteiger partial charge in [0.2, 0.25) is 11.8 Å². The molecule has 1 saturated heterocycles. The van der Waals surface area contributed by atoms with E-state index in [9.17, 15) is 9.59 Å². The Morgan fingerprint density at radius 3 is 2.64 bits per heavy atom. The standard InChI is InChI=1S/C25H31N3O5/c1-31-20-11-10-19(14-22(20)32-2)28-15-18(13-23(28)29)25(30)27-24-21(9-6-12-26-24)33-16-17-7-4-3-5-8-17/h6,9-12,14,17-18H,3-5,7-8,13,15-16H2,1-2H3,(H,26,27,30). The topological polar surface area (TPSA) is 90.0 Å². The van der Waals surface area contributed by atoms with Crippen LogP contribution in [0.3, 0.4) is 0 Å². The van der Waals surface area contributed by atoms with Crippen molar-refractivity contribution in [3.05, 3.63) is 36.5 Å². The summed E-state index contributed by atoms with van der Waals surface area (Å²) in [6, 6.07) is 8.89. The fourth-order valence-electron chi connectivity index (χ4n) is 4.51. The van der Waals surface area contributed by atoms with E-state index in [1.165, 1.54) is 32.1 Å². The summed E-state index contributed by atoms with van der Waals surface area (Å²) in [4.78, 5) is 31.6. The summed E-state index contributed by atoms with van der Waals surface area (Å²) < 4.78 is 16.6. The Labute approximate surface area is 194 Å². The van der Waals surface area contributed by atoms with Crippen molar-refractivity contribution in [2.75, 3.05) is 37.6 Å². The highest BCUT2D eigenvalue weighted by atomic mass is 16.5. The van der Waals surface area contributed by atoms with E-state index < -0.39 is 5.92 Å². The minimum absolute atomic E-state index is 0.114. The van der Waals surface area contributed by atoms with Crippen molar-refractivity contribution in [2.45, 2.75) is 38.5 Å². The number of amides is 2. The van der Waals surface area contributed by atoms with Crippen LogP contribution in [-0.4, -0.2) is 44.2 Å². The minimum Gasteiger partial charge on any atom is -0.493 e. The quantitative estimate of drug-likeness (QED) is 0.649. The van der Waals surface area contributed by atoms with E-state index in [1.54, 1.807) is 49.6 Å². The first-order valence-corrected chi connectivity index (χ1v) is 11.5. The smallest absolute Gasteiger partial charge is 0.231 e. The number of hydrogen-bond acceptors (Lipinski definition) is 6. The molecule has 2 amide bonds. The van der Waals surface area contributed by atoms with Crippen LogP contribution in [0, 0.1) is 11.8 Å². The molecule has 1 aliphatic heterocycles. The molecule has 2 fully saturated rings. The molecule has 0 spiro atoms. The predicted molar refractivity (Wildman–Crippen MR) is 125 cm³/mol. The van der Waals surface area contributed by atoms with Gasteiger partial charge in [-0.15, -0.1) is 0 Å². The Morgan fingerprint density at radius 2 is 1.88 bits per heavy atom. The van der Waals surface area contributed by atoms with Crippen LogP contribution in [0.5, 0.6) is 17.2 Å². The third-order valence-electron chi connectivity index (χ3n) is 6.39. The molecular weight excluding hydrogens is 422 g/mol. The lowest BCUT2D eigenvalue weighted by molar-refractivity contribution is -0.122. The Balaban J connectivity index is 1.40. The second-order valence-electron chi connectivity index (χ2n) is 8.60. The number of carbonyl (C=O) groups is 2. The van der Waals surface area contributed by atoms with Crippen molar-refractivity contribution in [3.8, 4) is 17.2 Å². The van der Waals surface area contributed by atoms with E-state index >= 15 is 0 Å². The van der Waals surface area contributed by atoms with Crippen LogP contribution >= 0.6 is 0 Å². The number of hydrogen-bond donors (Lipinski definition) is 1. The van der Waals surface area contributed by atoms with Gasteiger partial charge >= 0.3 is 0 Å². The van der Waals surface area contributed by atoms with Gasteiger partial charge in [0.15, 0.2) is 23.1 Å². The molecule has 1 aromatic heterocycles. The number of pyridine rings is 1. The lowest BCUT2D eigenvalue weighted by Gasteiger charge is -2.22. The van der Waals surface area contributed by atoms with E-state index in [1.807, 2.05) is 6.07 Å². The van der Waals surface area contributed by atoms with Crippen molar-refractivity contribution >= 4 is 23.3 Å². The SMILES string of the molecule is COc1ccc(N2CC(C(=O)Nc3ncccc3OCC3CCCCC3)CC2=O)cc1OC.